The van der Waals surface area contributed by atoms with Crippen LogP contribution in [0, 0.1) is 0 Å². The van der Waals surface area contributed by atoms with Crippen LogP contribution in [0.3, 0.4) is 0 Å². The number of rotatable bonds is 5. The summed E-state index contributed by atoms with van der Waals surface area (Å²) in [6.07, 6.45) is -4.36. The van der Waals surface area contributed by atoms with Crippen LogP contribution in [0.4, 0.5) is 18.9 Å². The quantitative estimate of drug-likeness (QED) is 0.820. The Balaban J connectivity index is 2.63. The zero-order chi connectivity index (χ0) is 12.0. The molecule has 0 radical (unpaired) electrons. The van der Waals surface area contributed by atoms with Crippen molar-refractivity contribution in [2.24, 2.45) is 0 Å². The number of benzene rings is 1. The molecular formula is C10H12F3NO2. The summed E-state index contributed by atoms with van der Waals surface area (Å²) in [4.78, 5) is 0. The SMILES string of the molecule is OCCNc1ccccc1OCC(F)(F)F. The fourth-order valence-electron chi connectivity index (χ4n) is 1.09. The average Bonchev–Trinajstić information content (AvgIpc) is 2.23. The number of hydrogen-bond acceptors (Lipinski definition) is 3. The van der Waals surface area contributed by atoms with Crippen molar-refractivity contribution in [2.75, 3.05) is 25.1 Å². The van der Waals surface area contributed by atoms with Crippen LogP contribution >= 0.6 is 0 Å². The number of ether oxygens (including phenoxy) is 1. The van der Waals surface area contributed by atoms with Crippen molar-refractivity contribution in [2.45, 2.75) is 6.18 Å². The van der Waals surface area contributed by atoms with Crippen LogP contribution in [0.5, 0.6) is 5.75 Å². The van der Waals surface area contributed by atoms with Crippen molar-refractivity contribution in [3.05, 3.63) is 24.3 Å². The third kappa shape index (κ3) is 4.39. The lowest BCUT2D eigenvalue weighted by atomic mass is 10.3. The monoisotopic (exact) mass is 235 g/mol. The highest BCUT2D eigenvalue weighted by molar-refractivity contribution is 5.56. The van der Waals surface area contributed by atoms with Gasteiger partial charge in [-0.25, -0.2) is 0 Å². The highest BCUT2D eigenvalue weighted by Gasteiger charge is 2.28. The number of aliphatic hydroxyl groups is 1. The molecule has 1 aromatic carbocycles. The van der Waals surface area contributed by atoms with E-state index < -0.39 is 12.8 Å². The van der Waals surface area contributed by atoms with Crippen LogP contribution in [0.25, 0.3) is 0 Å². The van der Waals surface area contributed by atoms with Crippen molar-refractivity contribution in [1.29, 1.82) is 0 Å². The fraction of sp³-hybridized carbons (Fsp3) is 0.400. The van der Waals surface area contributed by atoms with E-state index in [1.807, 2.05) is 0 Å². The average molecular weight is 235 g/mol. The first kappa shape index (κ1) is 12.6. The van der Waals surface area contributed by atoms with Gasteiger partial charge in [0.15, 0.2) is 6.61 Å². The van der Waals surface area contributed by atoms with Crippen LogP contribution in [0.2, 0.25) is 0 Å². The van der Waals surface area contributed by atoms with Gasteiger partial charge in [-0.1, -0.05) is 12.1 Å². The summed E-state index contributed by atoms with van der Waals surface area (Å²) in [6.45, 7) is -1.18. The van der Waals surface area contributed by atoms with Gasteiger partial charge in [0.05, 0.1) is 12.3 Å². The molecule has 0 aliphatic rings. The Kier molecular flexibility index (Phi) is 4.42. The molecule has 0 amide bonds. The molecule has 0 fully saturated rings. The van der Waals surface area contributed by atoms with Crippen molar-refractivity contribution < 1.29 is 23.0 Å². The first-order valence-electron chi connectivity index (χ1n) is 4.66. The molecule has 0 saturated carbocycles. The van der Waals surface area contributed by atoms with Crippen LogP contribution < -0.4 is 10.1 Å². The van der Waals surface area contributed by atoms with E-state index in [1.165, 1.54) is 6.07 Å². The van der Waals surface area contributed by atoms with E-state index in [0.29, 0.717) is 5.69 Å². The van der Waals surface area contributed by atoms with Gasteiger partial charge in [0, 0.05) is 6.54 Å². The molecule has 0 aliphatic carbocycles. The van der Waals surface area contributed by atoms with Crippen molar-refractivity contribution >= 4 is 5.69 Å². The lowest BCUT2D eigenvalue weighted by molar-refractivity contribution is -0.153. The summed E-state index contributed by atoms with van der Waals surface area (Å²) in [5.41, 5.74) is 0.431. The molecule has 90 valence electrons. The molecule has 0 saturated heterocycles. The minimum absolute atomic E-state index is 0.104. The normalized spacial score (nSPS) is 11.2. The standard InChI is InChI=1S/C10H12F3NO2/c11-10(12,13)7-16-9-4-2-1-3-8(9)14-5-6-15/h1-4,14-15H,5-7H2. The van der Waals surface area contributed by atoms with E-state index >= 15 is 0 Å². The van der Waals surface area contributed by atoms with E-state index in [4.69, 9.17) is 5.11 Å². The van der Waals surface area contributed by atoms with E-state index in [2.05, 4.69) is 10.1 Å². The second-order valence-corrected chi connectivity index (χ2v) is 3.05. The molecule has 0 atom stereocenters. The molecule has 0 bridgehead atoms. The third-order valence-corrected chi connectivity index (χ3v) is 1.71. The van der Waals surface area contributed by atoms with Crippen molar-refractivity contribution in [3.8, 4) is 5.75 Å². The molecule has 1 aromatic rings. The number of hydrogen-bond donors (Lipinski definition) is 2. The summed E-state index contributed by atoms with van der Waals surface area (Å²) < 4.78 is 40.4. The Morgan fingerprint density at radius 2 is 1.94 bits per heavy atom. The summed E-state index contributed by atoms with van der Waals surface area (Å²) in [6, 6.07) is 6.27. The third-order valence-electron chi connectivity index (χ3n) is 1.71. The molecule has 0 unspecified atom stereocenters. The maximum Gasteiger partial charge on any atom is 0.422 e. The van der Waals surface area contributed by atoms with Gasteiger partial charge in [-0.3, -0.25) is 0 Å². The van der Waals surface area contributed by atoms with E-state index in [1.54, 1.807) is 18.2 Å². The Bertz CT molecular complexity index is 328. The van der Waals surface area contributed by atoms with Gasteiger partial charge in [-0.2, -0.15) is 13.2 Å². The van der Waals surface area contributed by atoms with E-state index in [-0.39, 0.29) is 18.9 Å². The van der Waals surface area contributed by atoms with Crippen LogP contribution in [0.1, 0.15) is 0 Å². The molecule has 0 heterocycles. The molecule has 16 heavy (non-hydrogen) atoms. The van der Waals surface area contributed by atoms with Gasteiger partial charge >= 0.3 is 6.18 Å². The molecular weight excluding hydrogens is 223 g/mol. The van der Waals surface area contributed by atoms with Gasteiger partial charge in [-0.05, 0) is 12.1 Å². The Morgan fingerprint density at radius 3 is 2.56 bits per heavy atom. The van der Waals surface area contributed by atoms with Gasteiger partial charge in [0.25, 0.3) is 0 Å². The number of anilines is 1. The molecule has 0 spiro atoms. The highest BCUT2D eigenvalue weighted by atomic mass is 19.4. The summed E-state index contributed by atoms with van der Waals surface area (Å²) in [7, 11) is 0. The summed E-state index contributed by atoms with van der Waals surface area (Å²) >= 11 is 0. The zero-order valence-corrected chi connectivity index (χ0v) is 8.42. The second kappa shape index (κ2) is 5.60. The van der Waals surface area contributed by atoms with Gasteiger partial charge in [0.2, 0.25) is 0 Å². The van der Waals surface area contributed by atoms with Crippen LogP contribution in [0.15, 0.2) is 24.3 Å². The molecule has 0 aliphatic heterocycles. The van der Waals surface area contributed by atoms with Crippen LogP contribution in [-0.4, -0.2) is 31.0 Å². The largest absolute Gasteiger partial charge is 0.482 e. The van der Waals surface area contributed by atoms with E-state index in [9.17, 15) is 13.2 Å². The Labute approximate surface area is 90.8 Å². The number of halogens is 3. The van der Waals surface area contributed by atoms with E-state index in [0.717, 1.165) is 0 Å². The number of alkyl halides is 3. The number of aliphatic hydroxyl groups excluding tert-OH is 1. The predicted molar refractivity (Wildman–Crippen MR) is 53.6 cm³/mol. The predicted octanol–water partition coefficient (Wildman–Crippen LogP) is 2.03. The smallest absolute Gasteiger partial charge is 0.422 e. The van der Waals surface area contributed by atoms with Gasteiger partial charge in [0.1, 0.15) is 5.75 Å². The molecule has 6 heteroatoms. The summed E-state index contributed by atoms with van der Waals surface area (Å²) in [5, 5.41) is 11.4. The zero-order valence-electron chi connectivity index (χ0n) is 8.42. The first-order valence-corrected chi connectivity index (χ1v) is 4.66. The maximum atomic E-state index is 11.9. The molecule has 0 aromatic heterocycles. The van der Waals surface area contributed by atoms with Crippen LogP contribution in [-0.2, 0) is 0 Å². The minimum Gasteiger partial charge on any atom is -0.482 e. The first-order chi connectivity index (χ1) is 7.53. The molecule has 2 N–H and O–H groups in total. The Morgan fingerprint density at radius 1 is 1.25 bits per heavy atom. The van der Waals surface area contributed by atoms with Gasteiger partial charge < -0.3 is 15.2 Å². The lowest BCUT2D eigenvalue weighted by Gasteiger charge is -2.13. The van der Waals surface area contributed by atoms with Crippen molar-refractivity contribution in [3.63, 3.8) is 0 Å². The second-order valence-electron chi connectivity index (χ2n) is 3.05. The number of nitrogens with one attached hydrogen (secondary N) is 1. The Hall–Kier alpha value is -1.43. The lowest BCUT2D eigenvalue weighted by Crippen LogP contribution is -2.20. The minimum atomic E-state index is -4.36. The van der Waals surface area contributed by atoms with Gasteiger partial charge in [-0.15, -0.1) is 0 Å². The topological polar surface area (TPSA) is 41.5 Å². The number of para-hydroxylation sites is 2. The summed E-state index contributed by atoms with van der Waals surface area (Å²) in [5.74, 6) is 0.119. The highest BCUT2D eigenvalue weighted by Crippen LogP contribution is 2.25. The maximum absolute atomic E-state index is 11.9. The fourth-order valence-corrected chi connectivity index (χ4v) is 1.09. The molecule has 1 rings (SSSR count). The van der Waals surface area contributed by atoms with Crippen molar-refractivity contribution in [1.82, 2.24) is 0 Å². The molecule has 3 nitrogen and oxygen atoms in total.